The summed E-state index contributed by atoms with van der Waals surface area (Å²) in [4.78, 5) is 0. The van der Waals surface area contributed by atoms with Gasteiger partial charge in [-0.1, -0.05) is 0 Å². The predicted molar refractivity (Wildman–Crippen MR) is 42.3 cm³/mol. The molecule has 0 atom stereocenters. The Labute approximate surface area is 66.1 Å². The lowest BCUT2D eigenvalue weighted by Gasteiger charge is -2.01. The van der Waals surface area contributed by atoms with Crippen LogP contribution in [-0.4, -0.2) is 21.9 Å². The zero-order valence-corrected chi connectivity index (χ0v) is 6.83. The first kappa shape index (κ1) is 8.14. The smallest absolute Gasteiger partial charge is 0.0633 e. The average Bonchev–Trinajstić information content (AvgIpc) is 1.98. The van der Waals surface area contributed by atoms with E-state index in [1.165, 1.54) is 0 Å². The Morgan fingerprint density at radius 1 is 1.36 bits per heavy atom. The molecule has 3 heteroatoms. The molecular weight excluding hydrogens is 140 g/mol. The van der Waals surface area contributed by atoms with Gasteiger partial charge in [-0.15, -0.1) is 0 Å². The summed E-state index contributed by atoms with van der Waals surface area (Å²) in [6.07, 6.45) is 0.669. The van der Waals surface area contributed by atoms with Crippen LogP contribution in [-0.2, 0) is 6.42 Å². The van der Waals surface area contributed by atoms with Crippen molar-refractivity contribution in [1.82, 2.24) is 10.2 Å². The van der Waals surface area contributed by atoms with Gasteiger partial charge in [0.2, 0.25) is 0 Å². The van der Waals surface area contributed by atoms with Crippen LogP contribution in [0, 0.1) is 13.8 Å². The van der Waals surface area contributed by atoms with Crippen LogP contribution in [0.15, 0.2) is 6.07 Å². The largest absolute Gasteiger partial charge is 0.396 e. The first-order chi connectivity index (χ1) is 5.24. The van der Waals surface area contributed by atoms with Crippen LogP contribution in [0.4, 0.5) is 0 Å². The summed E-state index contributed by atoms with van der Waals surface area (Å²) < 4.78 is 0. The predicted octanol–water partition coefficient (Wildman–Crippen LogP) is 0.628. The molecule has 0 radical (unpaired) electrons. The van der Waals surface area contributed by atoms with Gasteiger partial charge in [0, 0.05) is 6.61 Å². The highest BCUT2D eigenvalue weighted by molar-refractivity contribution is 5.19. The van der Waals surface area contributed by atoms with E-state index in [4.69, 9.17) is 5.11 Å². The van der Waals surface area contributed by atoms with E-state index in [0.29, 0.717) is 6.42 Å². The van der Waals surface area contributed by atoms with E-state index in [0.717, 1.165) is 17.0 Å². The van der Waals surface area contributed by atoms with Gasteiger partial charge in [-0.25, -0.2) is 0 Å². The lowest BCUT2D eigenvalue weighted by Crippen LogP contribution is -1.99. The number of hydrogen-bond donors (Lipinski definition) is 1. The van der Waals surface area contributed by atoms with Crippen molar-refractivity contribution >= 4 is 0 Å². The fraction of sp³-hybridized carbons (Fsp3) is 0.500. The number of aliphatic hydroxyl groups excluding tert-OH is 1. The maximum atomic E-state index is 8.69. The number of hydrogen-bond acceptors (Lipinski definition) is 3. The summed E-state index contributed by atoms with van der Waals surface area (Å²) in [7, 11) is 0. The molecule has 0 fully saturated rings. The van der Waals surface area contributed by atoms with E-state index in [9.17, 15) is 0 Å². The highest BCUT2D eigenvalue weighted by Gasteiger charge is 1.99. The Bertz CT molecular complexity index is 248. The standard InChI is InChI=1S/C8H12N2O/c1-6-5-8(3-4-11)7(2)10-9-6/h5,11H,3-4H2,1-2H3. The Hall–Kier alpha value is -0.960. The fourth-order valence-electron chi connectivity index (χ4n) is 0.977. The molecule has 11 heavy (non-hydrogen) atoms. The molecule has 1 rings (SSSR count). The van der Waals surface area contributed by atoms with Crippen LogP contribution in [0.25, 0.3) is 0 Å². The van der Waals surface area contributed by atoms with Gasteiger partial charge in [-0.2, -0.15) is 10.2 Å². The average molecular weight is 152 g/mol. The van der Waals surface area contributed by atoms with E-state index in [2.05, 4.69) is 10.2 Å². The van der Waals surface area contributed by atoms with Crippen molar-refractivity contribution in [2.75, 3.05) is 6.61 Å². The topological polar surface area (TPSA) is 46.0 Å². The third-order valence-corrected chi connectivity index (χ3v) is 1.59. The van der Waals surface area contributed by atoms with Crippen molar-refractivity contribution in [3.63, 3.8) is 0 Å². The third-order valence-electron chi connectivity index (χ3n) is 1.59. The summed E-state index contributed by atoms with van der Waals surface area (Å²) in [6.45, 7) is 3.97. The van der Waals surface area contributed by atoms with Crippen molar-refractivity contribution in [3.8, 4) is 0 Å². The Morgan fingerprint density at radius 3 is 2.73 bits per heavy atom. The fourth-order valence-corrected chi connectivity index (χ4v) is 0.977. The molecule has 0 unspecified atom stereocenters. The van der Waals surface area contributed by atoms with Gasteiger partial charge < -0.3 is 5.11 Å². The molecule has 1 heterocycles. The Morgan fingerprint density at radius 2 is 2.09 bits per heavy atom. The molecule has 1 aromatic rings. The minimum absolute atomic E-state index is 0.173. The number of rotatable bonds is 2. The summed E-state index contributed by atoms with van der Waals surface area (Å²) in [6, 6.07) is 1.96. The van der Waals surface area contributed by atoms with Gasteiger partial charge in [0.1, 0.15) is 0 Å². The van der Waals surface area contributed by atoms with Crippen LogP contribution < -0.4 is 0 Å². The van der Waals surface area contributed by atoms with E-state index >= 15 is 0 Å². The van der Waals surface area contributed by atoms with Crippen molar-refractivity contribution < 1.29 is 5.11 Å². The molecule has 0 amide bonds. The lowest BCUT2D eigenvalue weighted by molar-refractivity contribution is 0.299. The van der Waals surface area contributed by atoms with Crippen molar-refractivity contribution in [2.24, 2.45) is 0 Å². The summed E-state index contributed by atoms with van der Waals surface area (Å²) >= 11 is 0. The van der Waals surface area contributed by atoms with Crippen molar-refractivity contribution in [3.05, 3.63) is 23.0 Å². The lowest BCUT2D eigenvalue weighted by atomic mass is 10.1. The normalized spacial score (nSPS) is 10.1. The van der Waals surface area contributed by atoms with E-state index in [1.54, 1.807) is 0 Å². The van der Waals surface area contributed by atoms with Gasteiger partial charge >= 0.3 is 0 Å². The highest BCUT2D eigenvalue weighted by atomic mass is 16.2. The third kappa shape index (κ3) is 1.98. The summed E-state index contributed by atoms with van der Waals surface area (Å²) in [5, 5.41) is 16.5. The minimum atomic E-state index is 0.173. The first-order valence-electron chi connectivity index (χ1n) is 3.64. The zero-order chi connectivity index (χ0) is 8.27. The molecule has 0 saturated heterocycles. The van der Waals surface area contributed by atoms with Gasteiger partial charge in [0.15, 0.2) is 0 Å². The molecule has 0 bridgehead atoms. The maximum absolute atomic E-state index is 8.69. The Balaban J connectivity index is 2.93. The monoisotopic (exact) mass is 152 g/mol. The molecule has 0 aliphatic heterocycles. The zero-order valence-electron chi connectivity index (χ0n) is 6.83. The molecule has 60 valence electrons. The molecule has 0 aliphatic rings. The van der Waals surface area contributed by atoms with Gasteiger partial charge in [0.25, 0.3) is 0 Å². The van der Waals surface area contributed by atoms with Gasteiger partial charge in [0.05, 0.1) is 11.4 Å². The number of aromatic nitrogens is 2. The highest BCUT2D eigenvalue weighted by Crippen LogP contribution is 2.04. The quantitative estimate of drug-likeness (QED) is 0.676. The first-order valence-corrected chi connectivity index (χ1v) is 3.64. The molecule has 0 spiro atoms. The molecule has 3 nitrogen and oxygen atoms in total. The SMILES string of the molecule is Cc1cc(CCO)c(C)nn1. The van der Waals surface area contributed by atoms with E-state index in [-0.39, 0.29) is 6.61 Å². The van der Waals surface area contributed by atoms with Gasteiger partial charge in [-0.3, -0.25) is 0 Å². The number of aryl methyl sites for hydroxylation is 2. The van der Waals surface area contributed by atoms with Crippen molar-refractivity contribution in [1.29, 1.82) is 0 Å². The van der Waals surface area contributed by atoms with E-state index < -0.39 is 0 Å². The molecule has 0 saturated carbocycles. The molecule has 1 aromatic heterocycles. The minimum Gasteiger partial charge on any atom is -0.396 e. The van der Waals surface area contributed by atoms with Crippen LogP contribution in [0.1, 0.15) is 17.0 Å². The molecule has 0 aromatic carbocycles. The second-order valence-electron chi connectivity index (χ2n) is 2.57. The second kappa shape index (κ2) is 3.44. The van der Waals surface area contributed by atoms with Crippen LogP contribution in [0.2, 0.25) is 0 Å². The molecule has 0 aliphatic carbocycles. The second-order valence-corrected chi connectivity index (χ2v) is 2.57. The molecule has 1 N–H and O–H groups in total. The van der Waals surface area contributed by atoms with Crippen molar-refractivity contribution in [2.45, 2.75) is 20.3 Å². The summed E-state index contributed by atoms with van der Waals surface area (Å²) in [5.41, 5.74) is 2.89. The van der Waals surface area contributed by atoms with E-state index in [1.807, 2.05) is 19.9 Å². The maximum Gasteiger partial charge on any atom is 0.0633 e. The van der Waals surface area contributed by atoms with Gasteiger partial charge in [-0.05, 0) is 31.9 Å². The Kier molecular flexibility index (Phi) is 2.54. The van der Waals surface area contributed by atoms with Crippen LogP contribution in [0.3, 0.4) is 0 Å². The number of aliphatic hydroxyl groups is 1. The van der Waals surface area contributed by atoms with Crippen LogP contribution >= 0.6 is 0 Å². The summed E-state index contributed by atoms with van der Waals surface area (Å²) in [5.74, 6) is 0. The van der Waals surface area contributed by atoms with Crippen LogP contribution in [0.5, 0.6) is 0 Å². The molecular formula is C8H12N2O. The number of nitrogens with zero attached hydrogens (tertiary/aromatic N) is 2.